The summed E-state index contributed by atoms with van der Waals surface area (Å²) in [6, 6.07) is 9.08. The highest BCUT2D eigenvalue weighted by atomic mass is 16.5. The van der Waals surface area contributed by atoms with Crippen molar-refractivity contribution >= 4 is 5.95 Å². The maximum Gasteiger partial charge on any atom is 0.237 e. The summed E-state index contributed by atoms with van der Waals surface area (Å²) < 4.78 is 10.9. The molecule has 0 fully saturated rings. The van der Waals surface area contributed by atoms with Gasteiger partial charge < -0.3 is 14.9 Å². The number of nitrogens with two attached hydrogens (primary N) is 1. The molecule has 0 aliphatic rings. The van der Waals surface area contributed by atoms with E-state index in [9.17, 15) is 5.26 Å². The summed E-state index contributed by atoms with van der Waals surface area (Å²) in [4.78, 5) is 12.0. The predicted octanol–water partition coefficient (Wildman–Crippen LogP) is 2.16. The standard InChI is InChI=1S/C15H11N5O2/c16-7-11-13(12-4-2-6-21-12)19-15(17)20-14(11)22-9-10-3-1-5-18-8-10/h1-6,8H,9H2,(H2,17,19,20). The molecule has 7 nitrogen and oxygen atoms in total. The topological polar surface area (TPSA) is 111 Å². The SMILES string of the molecule is N#Cc1c(OCc2cccnc2)nc(N)nc1-c1ccco1. The van der Waals surface area contributed by atoms with Crippen LogP contribution >= 0.6 is 0 Å². The fraction of sp³-hybridized carbons (Fsp3) is 0.0667. The Labute approximate surface area is 126 Å². The lowest BCUT2D eigenvalue weighted by molar-refractivity contribution is 0.292. The van der Waals surface area contributed by atoms with Crippen molar-refractivity contribution in [1.29, 1.82) is 5.26 Å². The first-order valence-corrected chi connectivity index (χ1v) is 6.41. The molecule has 0 aromatic carbocycles. The number of anilines is 1. The number of furan rings is 1. The molecule has 0 aliphatic heterocycles. The lowest BCUT2D eigenvalue weighted by atomic mass is 10.2. The van der Waals surface area contributed by atoms with Crippen LogP contribution in [-0.2, 0) is 6.61 Å². The van der Waals surface area contributed by atoms with Gasteiger partial charge in [-0.05, 0) is 18.2 Å². The van der Waals surface area contributed by atoms with Gasteiger partial charge in [0.2, 0.25) is 11.8 Å². The van der Waals surface area contributed by atoms with Crippen molar-refractivity contribution in [3.05, 3.63) is 54.0 Å². The zero-order chi connectivity index (χ0) is 15.4. The number of rotatable bonds is 4. The molecule has 0 unspecified atom stereocenters. The molecule has 0 atom stereocenters. The van der Waals surface area contributed by atoms with Crippen molar-refractivity contribution in [1.82, 2.24) is 15.0 Å². The van der Waals surface area contributed by atoms with E-state index < -0.39 is 0 Å². The second-order valence-corrected chi connectivity index (χ2v) is 4.35. The number of nitriles is 1. The molecule has 0 amide bonds. The molecule has 3 aromatic heterocycles. The maximum atomic E-state index is 9.38. The number of hydrogen-bond donors (Lipinski definition) is 1. The molecule has 7 heteroatoms. The summed E-state index contributed by atoms with van der Waals surface area (Å²) in [6.07, 6.45) is 4.83. The van der Waals surface area contributed by atoms with E-state index in [2.05, 4.69) is 15.0 Å². The minimum Gasteiger partial charge on any atom is -0.472 e. The van der Waals surface area contributed by atoms with E-state index in [1.807, 2.05) is 12.1 Å². The van der Waals surface area contributed by atoms with Crippen LogP contribution in [0.4, 0.5) is 5.95 Å². The van der Waals surface area contributed by atoms with Gasteiger partial charge in [0.05, 0.1) is 6.26 Å². The summed E-state index contributed by atoms with van der Waals surface area (Å²) in [5, 5.41) is 9.38. The van der Waals surface area contributed by atoms with Crippen molar-refractivity contribution in [2.45, 2.75) is 6.61 Å². The molecule has 0 saturated heterocycles. The zero-order valence-corrected chi connectivity index (χ0v) is 11.4. The summed E-state index contributed by atoms with van der Waals surface area (Å²) in [5.41, 5.74) is 7.02. The molecule has 0 bridgehead atoms. The van der Waals surface area contributed by atoms with Crippen LogP contribution in [0.2, 0.25) is 0 Å². The van der Waals surface area contributed by atoms with E-state index in [0.29, 0.717) is 11.5 Å². The van der Waals surface area contributed by atoms with Crippen LogP contribution in [-0.4, -0.2) is 15.0 Å². The fourth-order valence-corrected chi connectivity index (χ4v) is 1.89. The Bertz CT molecular complexity index is 810. The van der Waals surface area contributed by atoms with Gasteiger partial charge in [0.15, 0.2) is 5.76 Å². The number of pyridine rings is 1. The number of hydrogen-bond acceptors (Lipinski definition) is 7. The number of aromatic nitrogens is 3. The van der Waals surface area contributed by atoms with Gasteiger partial charge in [-0.25, -0.2) is 4.98 Å². The molecule has 0 radical (unpaired) electrons. The van der Waals surface area contributed by atoms with Gasteiger partial charge in [-0.1, -0.05) is 6.07 Å². The van der Waals surface area contributed by atoms with Gasteiger partial charge in [-0.15, -0.1) is 0 Å². The first-order chi connectivity index (χ1) is 10.8. The van der Waals surface area contributed by atoms with Gasteiger partial charge >= 0.3 is 0 Å². The fourth-order valence-electron chi connectivity index (χ4n) is 1.89. The molecule has 0 spiro atoms. The third-order valence-electron chi connectivity index (χ3n) is 2.86. The number of nitrogens with zero attached hydrogens (tertiary/aromatic N) is 4. The average molecular weight is 293 g/mol. The molecule has 3 aromatic rings. The first kappa shape index (κ1) is 13.6. The van der Waals surface area contributed by atoms with E-state index in [0.717, 1.165) is 5.56 Å². The molecule has 0 saturated carbocycles. The molecule has 3 rings (SSSR count). The van der Waals surface area contributed by atoms with Crippen molar-refractivity contribution in [3.8, 4) is 23.4 Å². The lowest BCUT2D eigenvalue weighted by Gasteiger charge is -2.09. The van der Waals surface area contributed by atoms with Crippen LogP contribution < -0.4 is 10.5 Å². The van der Waals surface area contributed by atoms with Crippen molar-refractivity contribution in [2.24, 2.45) is 0 Å². The molecule has 22 heavy (non-hydrogen) atoms. The van der Waals surface area contributed by atoms with Gasteiger partial charge in [0.1, 0.15) is 23.9 Å². The Morgan fingerprint density at radius 1 is 1.27 bits per heavy atom. The molecule has 2 N–H and O–H groups in total. The number of ether oxygens (including phenoxy) is 1. The molecular formula is C15H11N5O2. The molecular weight excluding hydrogens is 282 g/mol. The highest BCUT2D eigenvalue weighted by Crippen LogP contribution is 2.28. The second kappa shape index (κ2) is 5.93. The summed E-state index contributed by atoms with van der Waals surface area (Å²) in [7, 11) is 0. The van der Waals surface area contributed by atoms with Gasteiger partial charge in [-0.2, -0.15) is 10.2 Å². The van der Waals surface area contributed by atoms with Crippen LogP contribution in [0.15, 0.2) is 47.3 Å². The molecule has 108 valence electrons. The van der Waals surface area contributed by atoms with E-state index in [1.165, 1.54) is 6.26 Å². The predicted molar refractivity (Wildman–Crippen MR) is 77.4 cm³/mol. The highest BCUT2D eigenvalue weighted by molar-refractivity contribution is 5.65. The second-order valence-electron chi connectivity index (χ2n) is 4.35. The first-order valence-electron chi connectivity index (χ1n) is 6.41. The van der Waals surface area contributed by atoms with Crippen molar-refractivity contribution < 1.29 is 9.15 Å². The Morgan fingerprint density at radius 2 is 2.18 bits per heavy atom. The normalized spacial score (nSPS) is 10.1. The Hall–Kier alpha value is -3.40. The van der Waals surface area contributed by atoms with Crippen LogP contribution in [0.25, 0.3) is 11.5 Å². The molecule has 3 heterocycles. The van der Waals surface area contributed by atoms with Crippen LogP contribution in [0.3, 0.4) is 0 Å². The zero-order valence-electron chi connectivity index (χ0n) is 11.4. The van der Waals surface area contributed by atoms with Crippen LogP contribution in [0, 0.1) is 11.3 Å². The van der Waals surface area contributed by atoms with E-state index in [4.69, 9.17) is 14.9 Å². The van der Waals surface area contributed by atoms with E-state index in [-0.39, 0.29) is 24.0 Å². The van der Waals surface area contributed by atoms with Crippen LogP contribution in [0.5, 0.6) is 5.88 Å². The van der Waals surface area contributed by atoms with E-state index >= 15 is 0 Å². The summed E-state index contributed by atoms with van der Waals surface area (Å²) in [5.74, 6) is 0.550. The monoisotopic (exact) mass is 293 g/mol. The third kappa shape index (κ3) is 2.71. The summed E-state index contributed by atoms with van der Waals surface area (Å²) in [6.45, 7) is 0.219. The highest BCUT2D eigenvalue weighted by Gasteiger charge is 2.18. The average Bonchev–Trinajstić information content (AvgIpc) is 3.07. The van der Waals surface area contributed by atoms with Gasteiger partial charge in [0.25, 0.3) is 0 Å². The quantitative estimate of drug-likeness (QED) is 0.784. The smallest absolute Gasteiger partial charge is 0.237 e. The summed E-state index contributed by atoms with van der Waals surface area (Å²) >= 11 is 0. The van der Waals surface area contributed by atoms with Crippen molar-refractivity contribution in [2.75, 3.05) is 5.73 Å². The lowest BCUT2D eigenvalue weighted by Crippen LogP contribution is -2.05. The minimum atomic E-state index is 0.00610. The van der Waals surface area contributed by atoms with Crippen LogP contribution in [0.1, 0.15) is 11.1 Å². The molecule has 0 aliphatic carbocycles. The largest absolute Gasteiger partial charge is 0.472 e. The van der Waals surface area contributed by atoms with E-state index in [1.54, 1.807) is 30.6 Å². The third-order valence-corrected chi connectivity index (χ3v) is 2.86. The number of nitrogen functional groups attached to an aromatic ring is 1. The Kier molecular flexibility index (Phi) is 3.66. The maximum absolute atomic E-state index is 9.38. The van der Waals surface area contributed by atoms with Gasteiger partial charge in [0, 0.05) is 18.0 Å². The Balaban J connectivity index is 1.96. The van der Waals surface area contributed by atoms with Crippen molar-refractivity contribution in [3.63, 3.8) is 0 Å². The Morgan fingerprint density at radius 3 is 2.86 bits per heavy atom. The van der Waals surface area contributed by atoms with Gasteiger partial charge in [-0.3, -0.25) is 4.98 Å². The minimum absolute atomic E-state index is 0.00610.